The van der Waals surface area contributed by atoms with Gasteiger partial charge in [-0.15, -0.1) is 0 Å². The van der Waals surface area contributed by atoms with E-state index in [1.54, 1.807) is 0 Å². The first-order chi connectivity index (χ1) is 7.99. The van der Waals surface area contributed by atoms with Crippen LogP contribution in [0.2, 0.25) is 10.3 Å². The highest BCUT2D eigenvalue weighted by molar-refractivity contribution is 6.32. The van der Waals surface area contributed by atoms with Crippen LogP contribution in [0, 0.1) is 5.92 Å². The van der Waals surface area contributed by atoms with Gasteiger partial charge in [-0.2, -0.15) is 0 Å². The van der Waals surface area contributed by atoms with Crippen LogP contribution >= 0.6 is 23.2 Å². The SMILES string of the molecule is CC(C)CCCOC(=O)c1cc(Cl)nc(Cl)c1. The Morgan fingerprint density at radius 2 is 1.94 bits per heavy atom. The van der Waals surface area contributed by atoms with Gasteiger partial charge in [0, 0.05) is 0 Å². The monoisotopic (exact) mass is 275 g/mol. The molecule has 3 nitrogen and oxygen atoms in total. The number of pyridine rings is 1. The van der Waals surface area contributed by atoms with Crippen molar-refractivity contribution in [3.05, 3.63) is 28.0 Å². The Kier molecular flexibility index (Phi) is 5.72. The fraction of sp³-hybridized carbons (Fsp3) is 0.500. The van der Waals surface area contributed by atoms with Gasteiger partial charge in [0.1, 0.15) is 10.3 Å². The molecule has 0 aliphatic rings. The molecule has 1 aromatic heterocycles. The maximum absolute atomic E-state index is 11.6. The van der Waals surface area contributed by atoms with Crippen LogP contribution in [0.5, 0.6) is 0 Å². The molecule has 0 atom stereocenters. The van der Waals surface area contributed by atoms with Gasteiger partial charge in [0.05, 0.1) is 12.2 Å². The highest BCUT2D eigenvalue weighted by Crippen LogP contribution is 2.15. The molecule has 1 heterocycles. The van der Waals surface area contributed by atoms with Gasteiger partial charge in [-0.05, 0) is 30.9 Å². The topological polar surface area (TPSA) is 39.2 Å². The number of esters is 1. The largest absolute Gasteiger partial charge is 0.462 e. The van der Waals surface area contributed by atoms with Crippen LogP contribution in [-0.4, -0.2) is 17.6 Å². The Labute approximate surface area is 111 Å². The van der Waals surface area contributed by atoms with E-state index in [4.69, 9.17) is 27.9 Å². The Morgan fingerprint density at radius 3 is 2.47 bits per heavy atom. The maximum atomic E-state index is 11.6. The number of rotatable bonds is 5. The number of nitrogens with zero attached hydrogens (tertiary/aromatic N) is 1. The van der Waals surface area contributed by atoms with E-state index in [9.17, 15) is 4.79 Å². The summed E-state index contributed by atoms with van der Waals surface area (Å²) >= 11 is 11.4. The first-order valence-electron chi connectivity index (χ1n) is 5.49. The van der Waals surface area contributed by atoms with Crippen molar-refractivity contribution >= 4 is 29.2 Å². The fourth-order valence-corrected chi connectivity index (χ4v) is 1.78. The summed E-state index contributed by atoms with van der Waals surface area (Å²) in [6, 6.07) is 2.89. The van der Waals surface area contributed by atoms with Gasteiger partial charge < -0.3 is 4.74 Å². The molecule has 17 heavy (non-hydrogen) atoms. The van der Waals surface area contributed by atoms with Gasteiger partial charge in [-0.1, -0.05) is 37.0 Å². The molecule has 0 unspecified atom stereocenters. The quantitative estimate of drug-likeness (QED) is 0.464. The summed E-state index contributed by atoms with van der Waals surface area (Å²) in [6.07, 6.45) is 1.89. The normalized spacial score (nSPS) is 10.6. The highest BCUT2D eigenvalue weighted by atomic mass is 35.5. The van der Waals surface area contributed by atoms with E-state index >= 15 is 0 Å². The van der Waals surface area contributed by atoms with Crippen molar-refractivity contribution in [1.29, 1.82) is 0 Å². The summed E-state index contributed by atoms with van der Waals surface area (Å²) in [5, 5.41) is 0.373. The fourth-order valence-electron chi connectivity index (χ4n) is 1.32. The average Bonchev–Trinajstić information content (AvgIpc) is 2.22. The predicted molar refractivity (Wildman–Crippen MR) is 68.6 cm³/mol. The molecule has 0 aliphatic heterocycles. The molecular formula is C12H15Cl2NO2. The number of carbonyl (C=O) groups excluding carboxylic acids is 1. The maximum Gasteiger partial charge on any atom is 0.338 e. The number of halogens is 2. The van der Waals surface area contributed by atoms with Crippen LogP contribution < -0.4 is 0 Å². The van der Waals surface area contributed by atoms with Crippen molar-refractivity contribution in [2.75, 3.05) is 6.61 Å². The summed E-state index contributed by atoms with van der Waals surface area (Å²) in [5.41, 5.74) is 0.333. The molecule has 0 saturated heterocycles. The second kappa shape index (κ2) is 6.82. The van der Waals surface area contributed by atoms with Crippen LogP contribution in [-0.2, 0) is 4.74 Å². The third kappa shape index (κ3) is 5.37. The smallest absolute Gasteiger partial charge is 0.338 e. The van der Waals surface area contributed by atoms with Crippen LogP contribution in [0.3, 0.4) is 0 Å². The van der Waals surface area contributed by atoms with Gasteiger partial charge >= 0.3 is 5.97 Å². The first kappa shape index (κ1) is 14.3. The zero-order valence-corrected chi connectivity index (χ0v) is 11.4. The van der Waals surface area contributed by atoms with Crippen LogP contribution in [0.1, 0.15) is 37.0 Å². The summed E-state index contributed by atoms with van der Waals surface area (Å²) in [6.45, 7) is 4.67. The van der Waals surface area contributed by atoms with Gasteiger partial charge in [0.15, 0.2) is 0 Å². The van der Waals surface area contributed by atoms with E-state index in [1.807, 2.05) is 0 Å². The molecule has 0 fully saturated rings. The number of carbonyl (C=O) groups is 1. The highest BCUT2D eigenvalue weighted by Gasteiger charge is 2.09. The Hall–Kier alpha value is -0.800. The van der Waals surface area contributed by atoms with E-state index in [1.165, 1.54) is 12.1 Å². The molecule has 5 heteroatoms. The van der Waals surface area contributed by atoms with Gasteiger partial charge in [0.2, 0.25) is 0 Å². The summed E-state index contributed by atoms with van der Waals surface area (Å²) in [7, 11) is 0. The molecule has 0 radical (unpaired) electrons. The lowest BCUT2D eigenvalue weighted by Gasteiger charge is -2.06. The Bertz CT molecular complexity index is 374. The molecule has 1 aromatic rings. The van der Waals surface area contributed by atoms with E-state index in [2.05, 4.69) is 18.8 Å². The minimum atomic E-state index is -0.417. The molecule has 0 N–H and O–H groups in total. The van der Waals surface area contributed by atoms with Crippen molar-refractivity contribution in [2.24, 2.45) is 5.92 Å². The summed E-state index contributed by atoms with van der Waals surface area (Å²) in [5.74, 6) is 0.193. The van der Waals surface area contributed by atoms with Crippen molar-refractivity contribution in [2.45, 2.75) is 26.7 Å². The van der Waals surface area contributed by atoms with Crippen molar-refractivity contribution in [3.63, 3.8) is 0 Å². The zero-order valence-electron chi connectivity index (χ0n) is 9.87. The van der Waals surface area contributed by atoms with Gasteiger partial charge in [0.25, 0.3) is 0 Å². The Balaban J connectivity index is 2.47. The zero-order chi connectivity index (χ0) is 12.8. The standard InChI is InChI=1S/C12H15Cl2NO2/c1-8(2)4-3-5-17-12(16)9-6-10(13)15-11(14)7-9/h6-8H,3-5H2,1-2H3. The average molecular weight is 276 g/mol. The predicted octanol–water partition coefficient (Wildman–Crippen LogP) is 3.98. The number of hydrogen-bond acceptors (Lipinski definition) is 3. The van der Waals surface area contributed by atoms with E-state index in [0.29, 0.717) is 18.1 Å². The van der Waals surface area contributed by atoms with Crippen molar-refractivity contribution in [1.82, 2.24) is 4.98 Å². The third-order valence-electron chi connectivity index (χ3n) is 2.16. The molecule has 0 saturated carbocycles. The van der Waals surface area contributed by atoms with Crippen molar-refractivity contribution in [3.8, 4) is 0 Å². The summed E-state index contributed by atoms with van der Waals surface area (Å²) < 4.78 is 5.10. The minimum absolute atomic E-state index is 0.187. The number of aromatic nitrogens is 1. The van der Waals surface area contributed by atoms with Crippen LogP contribution in [0.15, 0.2) is 12.1 Å². The summed E-state index contributed by atoms with van der Waals surface area (Å²) in [4.78, 5) is 15.4. The molecule has 94 valence electrons. The number of hydrogen-bond donors (Lipinski definition) is 0. The molecule has 0 aromatic carbocycles. The Morgan fingerprint density at radius 1 is 1.35 bits per heavy atom. The van der Waals surface area contributed by atoms with Crippen LogP contribution in [0.25, 0.3) is 0 Å². The van der Waals surface area contributed by atoms with Gasteiger partial charge in [-0.25, -0.2) is 9.78 Å². The minimum Gasteiger partial charge on any atom is -0.462 e. The van der Waals surface area contributed by atoms with E-state index in [-0.39, 0.29) is 10.3 Å². The van der Waals surface area contributed by atoms with E-state index in [0.717, 1.165) is 12.8 Å². The molecule has 1 rings (SSSR count). The van der Waals surface area contributed by atoms with Crippen molar-refractivity contribution < 1.29 is 9.53 Å². The molecule has 0 spiro atoms. The van der Waals surface area contributed by atoms with Crippen LogP contribution in [0.4, 0.5) is 0 Å². The molecule has 0 bridgehead atoms. The van der Waals surface area contributed by atoms with E-state index < -0.39 is 5.97 Å². The second-order valence-electron chi connectivity index (χ2n) is 4.17. The molecule has 0 amide bonds. The molecular weight excluding hydrogens is 261 g/mol. The number of ether oxygens (including phenoxy) is 1. The molecule has 0 aliphatic carbocycles. The first-order valence-corrected chi connectivity index (χ1v) is 6.25. The lowest BCUT2D eigenvalue weighted by molar-refractivity contribution is 0.0494. The second-order valence-corrected chi connectivity index (χ2v) is 4.95. The van der Waals surface area contributed by atoms with Gasteiger partial charge in [-0.3, -0.25) is 0 Å². The lowest BCUT2D eigenvalue weighted by Crippen LogP contribution is -2.07. The third-order valence-corrected chi connectivity index (χ3v) is 2.54. The lowest BCUT2D eigenvalue weighted by atomic mass is 10.1.